The number of carbonyl (C=O) groups is 1. The first-order valence-corrected chi connectivity index (χ1v) is 6.63. The Balaban J connectivity index is 2.27. The Morgan fingerprint density at radius 2 is 2.06 bits per heavy atom. The second-order valence-electron chi connectivity index (χ2n) is 5.27. The van der Waals surface area contributed by atoms with Crippen molar-refractivity contribution in [3.63, 3.8) is 0 Å². The normalized spacial score (nSPS) is 17.2. The predicted molar refractivity (Wildman–Crippen MR) is 67.1 cm³/mol. The number of carboxylic acid groups (broad SMARTS) is 1. The third-order valence-corrected chi connectivity index (χ3v) is 3.15. The number of hydrogen-bond acceptors (Lipinski definition) is 3. The van der Waals surface area contributed by atoms with Gasteiger partial charge in [0, 0.05) is 19.2 Å². The first-order valence-electron chi connectivity index (χ1n) is 6.63. The van der Waals surface area contributed by atoms with Crippen molar-refractivity contribution in [2.24, 2.45) is 5.92 Å². The first kappa shape index (κ1) is 14.5. The molecule has 0 radical (unpaired) electrons. The van der Waals surface area contributed by atoms with Crippen molar-refractivity contribution in [3.05, 3.63) is 0 Å². The van der Waals surface area contributed by atoms with Crippen LogP contribution in [0.2, 0.25) is 0 Å². The van der Waals surface area contributed by atoms with Crippen LogP contribution >= 0.6 is 0 Å². The molecule has 1 fully saturated rings. The van der Waals surface area contributed by atoms with Crippen LogP contribution < -0.4 is 0 Å². The summed E-state index contributed by atoms with van der Waals surface area (Å²) in [5.41, 5.74) is 0. The van der Waals surface area contributed by atoms with Crippen molar-refractivity contribution >= 4 is 5.97 Å². The van der Waals surface area contributed by atoms with Gasteiger partial charge in [0.25, 0.3) is 0 Å². The highest BCUT2D eigenvalue weighted by molar-refractivity contribution is 5.69. The summed E-state index contributed by atoms with van der Waals surface area (Å²) >= 11 is 0. The Hall–Kier alpha value is -0.610. The van der Waals surface area contributed by atoms with Gasteiger partial charge in [0.2, 0.25) is 0 Å². The lowest BCUT2D eigenvalue weighted by atomic mass is 10.2. The molecule has 1 rings (SSSR count). The lowest BCUT2D eigenvalue weighted by Crippen LogP contribution is -2.39. The van der Waals surface area contributed by atoms with Crippen LogP contribution in [0.3, 0.4) is 0 Å². The van der Waals surface area contributed by atoms with Gasteiger partial charge in [0.15, 0.2) is 0 Å². The quantitative estimate of drug-likeness (QED) is 0.662. The number of rotatable bonds is 8. The molecule has 4 heteroatoms. The fraction of sp³-hybridized carbons (Fsp3) is 0.923. The first-order chi connectivity index (χ1) is 8.09. The molecule has 17 heavy (non-hydrogen) atoms. The Morgan fingerprint density at radius 1 is 1.41 bits per heavy atom. The summed E-state index contributed by atoms with van der Waals surface area (Å²) in [7, 11) is 0. The maximum Gasteiger partial charge on any atom is 0.317 e. The van der Waals surface area contributed by atoms with E-state index < -0.39 is 5.97 Å². The SMILES string of the molecule is CC(C)COCCN(CC(=O)O)C1CCCC1. The molecule has 1 saturated carbocycles. The van der Waals surface area contributed by atoms with Crippen molar-refractivity contribution in [3.8, 4) is 0 Å². The molecule has 100 valence electrons. The summed E-state index contributed by atoms with van der Waals surface area (Å²) < 4.78 is 5.53. The van der Waals surface area contributed by atoms with E-state index >= 15 is 0 Å². The monoisotopic (exact) mass is 243 g/mol. The molecule has 0 saturated heterocycles. The van der Waals surface area contributed by atoms with E-state index in [1.165, 1.54) is 12.8 Å². The van der Waals surface area contributed by atoms with Crippen LogP contribution in [0.15, 0.2) is 0 Å². The highest BCUT2D eigenvalue weighted by atomic mass is 16.5. The number of aliphatic carboxylic acids is 1. The van der Waals surface area contributed by atoms with Crippen molar-refractivity contribution in [2.75, 3.05) is 26.3 Å². The third kappa shape index (κ3) is 6.03. The molecule has 1 aliphatic rings. The average Bonchev–Trinajstić information content (AvgIpc) is 2.74. The molecule has 0 amide bonds. The van der Waals surface area contributed by atoms with Gasteiger partial charge in [-0.1, -0.05) is 26.7 Å². The van der Waals surface area contributed by atoms with E-state index in [1.54, 1.807) is 0 Å². The zero-order valence-corrected chi connectivity index (χ0v) is 11.0. The number of ether oxygens (including phenoxy) is 1. The molecule has 0 heterocycles. The van der Waals surface area contributed by atoms with Crippen LogP contribution in [0.5, 0.6) is 0 Å². The van der Waals surface area contributed by atoms with E-state index in [0.29, 0.717) is 18.6 Å². The van der Waals surface area contributed by atoms with Gasteiger partial charge in [0.1, 0.15) is 0 Å². The summed E-state index contributed by atoms with van der Waals surface area (Å²) in [6.45, 7) is 6.52. The molecular formula is C13H25NO3. The molecule has 0 spiro atoms. The van der Waals surface area contributed by atoms with Crippen LogP contribution in [-0.4, -0.2) is 48.3 Å². The van der Waals surface area contributed by atoms with E-state index in [2.05, 4.69) is 18.7 Å². The van der Waals surface area contributed by atoms with Crippen molar-refractivity contribution < 1.29 is 14.6 Å². The zero-order valence-electron chi connectivity index (χ0n) is 11.0. The largest absolute Gasteiger partial charge is 0.480 e. The molecular weight excluding hydrogens is 218 g/mol. The maximum atomic E-state index is 10.8. The van der Waals surface area contributed by atoms with Gasteiger partial charge in [-0.3, -0.25) is 9.69 Å². The molecule has 4 nitrogen and oxygen atoms in total. The van der Waals surface area contributed by atoms with Crippen molar-refractivity contribution in [1.82, 2.24) is 4.90 Å². The van der Waals surface area contributed by atoms with Gasteiger partial charge >= 0.3 is 5.97 Å². The standard InChI is InChI=1S/C13H25NO3/c1-11(2)10-17-8-7-14(9-13(15)16)12-5-3-4-6-12/h11-12H,3-10H2,1-2H3,(H,15,16). The molecule has 0 aliphatic heterocycles. The van der Waals surface area contributed by atoms with Crippen LogP contribution in [0.4, 0.5) is 0 Å². The molecule has 0 unspecified atom stereocenters. The Kier molecular flexibility index (Phi) is 6.52. The molecule has 0 bridgehead atoms. The summed E-state index contributed by atoms with van der Waals surface area (Å²) in [5.74, 6) is -0.199. The van der Waals surface area contributed by atoms with E-state index in [4.69, 9.17) is 9.84 Å². The second kappa shape index (κ2) is 7.67. The second-order valence-corrected chi connectivity index (χ2v) is 5.27. The Bertz CT molecular complexity index is 225. The highest BCUT2D eigenvalue weighted by Gasteiger charge is 2.23. The minimum absolute atomic E-state index is 0.149. The summed E-state index contributed by atoms with van der Waals surface area (Å²) in [5, 5.41) is 8.91. The van der Waals surface area contributed by atoms with Gasteiger partial charge in [0.05, 0.1) is 13.2 Å². The van der Waals surface area contributed by atoms with E-state index in [1.807, 2.05) is 0 Å². The molecule has 0 aromatic rings. The fourth-order valence-corrected chi connectivity index (χ4v) is 2.33. The van der Waals surface area contributed by atoms with Crippen LogP contribution in [0.1, 0.15) is 39.5 Å². The number of nitrogens with zero attached hydrogens (tertiary/aromatic N) is 1. The zero-order chi connectivity index (χ0) is 12.7. The molecule has 0 aromatic heterocycles. The molecule has 0 aromatic carbocycles. The third-order valence-electron chi connectivity index (χ3n) is 3.15. The van der Waals surface area contributed by atoms with Crippen LogP contribution in [-0.2, 0) is 9.53 Å². The van der Waals surface area contributed by atoms with Crippen LogP contribution in [0.25, 0.3) is 0 Å². The molecule has 1 N–H and O–H groups in total. The van der Waals surface area contributed by atoms with Gasteiger partial charge < -0.3 is 9.84 Å². The molecule has 0 atom stereocenters. The predicted octanol–water partition coefficient (Wildman–Crippen LogP) is 1.99. The average molecular weight is 243 g/mol. The minimum atomic E-state index is -0.735. The van der Waals surface area contributed by atoms with Crippen molar-refractivity contribution in [1.29, 1.82) is 0 Å². The van der Waals surface area contributed by atoms with E-state index in [0.717, 1.165) is 26.0 Å². The van der Waals surface area contributed by atoms with E-state index in [9.17, 15) is 4.79 Å². The highest BCUT2D eigenvalue weighted by Crippen LogP contribution is 2.23. The lowest BCUT2D eigenvalue weighted by molar-refractivity contribution is -0.139. The van der Waals surface area contributed by atoms with Crippen LogP contribution in [0, 0.1) is 5.92 Å². The number of carboxylic acids is 1. The Morgan fingerprint density at radius 3 is 2.59 bits per heavy atom. The summed E-state index contributed by atoms with van der Waals surface area (Å²) in [6, 6.07) is 0.453. The summed E-state index contributed by atoms with van der Waals surface area (Å²) in [4.78, 5) is 12.9. The van der Waals surface area contributed by atoms with Gasteiger partial charge in [-0.2, -0.15) is 0 Å². The Labute approximate surface area is 104 Å². The van der Waals surface area contributed by atoms with Crippen molar-refractivity contribution in [2.45, 2.75) is 45.6 Å². The number of hydrogen-bond donors (Lipinski definition) is 1. The lowest BCUT2D eigenvalue weighted by Gasteiger charge is -2.27. The molecule has 1 aliphatic carbocycles. The summed E-state index contributed by atoms with van der Waals surface area (Å²) in [6.07, 6.45) is 4.73. The smallest absolute Gasteiger partial charge is 0.317 e. The van der Waals surface area contributed by atoms with Gasteiger partial charge in [-0.15, -0.1) is 0 Å². The maximum absolute atomic E-state index is 10.8. The van der Waals surface area contributed by atoms with Gasteiger partial charge in [-0.25, -0.2) is 0 Å². The van der Waals surface area contributed by atoms with E-state index in [-0.39, 0.29) is 6.54 Å². The van der Waals surface area contributed by atoms with Gasteiger partial charge in [-0.05, 0) is 18.8 Å². The topological polar surface area (TPSA) is 49.8 Å². The fourth-order valence-electron chi connectivity index (χ4n) is 2.33. The minimum Gasteiger partial charge on any atom is -0.480 e.